The van der Waals surface area contributed by atoms with Crippen molar-refractivity contribution in [1.29, 1.82) is 0 Å². The quantitative estimate of drug-likeness (QED) is 0.282. The minimum Gasteiger partial charge on any atom is -0.444 e. The number of hydrogen-bond acceptors (Lipinski definition) is 8. The number of allylic oxidation sites excluding steroid dienone is 1. The van der Waals surface area contributed by atoms with E-state index in [2.05, 4.69) is 31.4 Å². The van der Waals surface area contributed by atoms with E-state index in [0.717, 1.165) is 56.1 Å². The fourth-order valence-electron chi connectivity index (χ4n) is 9.88. The number of amides is 4. The summed E-state index contributed by atoms with van der Waals surface area (Å²) < 4.78 is 25.1. The van der Waals surface area contributed by atoms with E-state index in [0.29, 0.717) is 31.3 Å². The van der Waals surface area contributed by atoms with Crippen molar-refractivity contribution in [3.63, 3.8) is 0 Å². The summed E-state index contributed by atoms with van der Waals surface area (Å²) in [5.41, 5.74) is 1.12. The third-order valence-corrected chi connectivity index (χ3v) is 13.0. The number of nitrogens with one attached hydrogen (secondary N) is 2. The summed E-state index contributed by atoms with van der Waals surface area (Å²) in [5, 5.41) is 6.05. The molecular weight excluding hydrogens is 687 g/mol. The maximum atomic E-state index is 14.5. The van der Waals surface area contributed by atoms with Crippen molar-refractivity contribution in [1.82, 2.24) is 20.4 Å². The van der Waals surface area contributed by atoms with E-state index in [1.54, 1.807) is 25.7 Å². The Bertz CT molecular complexity index is 1600. The highest BCUT2D eigenvalue weighted by atomic mass is 16.7. The van der Waals surface area contributed by atoms with Crippen molar-refractivity contribution < 1.29 is 38.0 Å². The van der Waals surface area contributed by atoms with Crippen LogP contribution in [0.15, 0.2) is 36.4 Å². The Balaban J connectivity index is 1.12. The molecule has 0 unspecified atom stereocenters. The SMILES string of the molecule is CC(C)(C)OC(=O)N[C@H]1C/C=C/CCCCCC[C@@H](B2O[C@@H]3C[C@H]4C[C@H](C4(C)C)[C@]3(C)O2)NC(=O)[C@@H]2C[C@@H](OC(=O)N3Cc4ccccc4C3)CN2C1=O. The van der Waals surface area contributed by atoms with Gasteiger partial charge in [0.1, 0.15) is 23.8 Å². The Kier molecular flexibility index (Phi) is 10.9. The van der Waals surface area contributed by atoms with Crippen molar-refractivity contribution in [2.45, 2.75) is 160 Å². The van der Waals surface area contributed by atoms with Crippen LogP contribution >= 0.6 is 0 Å². The Labute approximate surface area is 320 Å². The Morgan fingerprint density at radius 1 is 0.981 bits per heavy atom. The topological polar surface area (TPSA) is 136 Å². The third-order valence-electron chi connectivity index (χ3n) is 13.0. The molecule has 5 fully saturated rings. The number of carbonyl (C=O) groups excluding carboxylic acids is 4. The van der Waals surface area contributed by atoms with Gasteiger partial charge in [-0.1, -0.05) is 69.5 Å². The second kappa shape index (κ2) is 15.2. The largest absolute Gasteiger partial charge is 0.481 e. The molecule has 3 aliphatic carbocycles. The van der Waals surface area contributed by atoms with Crippen molar-refractivity contribution in [3.05, 3.63) is 47.5 Å². The Morgan fingerprint density at radius 2 is 1.70 bits per heavy atom. The van der Waals surface area contributed by atoms with Crippen LogP contribution in [0.3, 0.4) is 0 Å². The van der Waals surface area contributed by atoms with E-state index in [1.165, 1.54) is 4.90 Å². The average Bonchev–Trinajstić information content (AvgIpc) is 3.83. The monoisotopic (exact) mass is 746 g/mol. The van der Waals surface area contributed by atoms with Gasteiger partial charge in [0.2, 0.25) is 11.8 Å². The number of ether oxygens (including phenoxy) is 2. The Hall–Kier alpha value is -3.58. The number of nitrogens with zero attached hydrogens (tertiary/aromatic N) is 2. The lowest BCUT2D eigenvalue weighted by molar-refractivity contribution is -0.199. The normalized spacial score (nSPS) is 34.6. The molecule has 7 aliphatic rings. The van der Waals surface area contributed by atoms with Gasteiger partial charge in [-0.05, 0) is 94.6 Å². The first-order valence-electron chi connectivity index (χ1n) is 20.2. The van der Waals surface area contributed by atoms with Crippen LogP contribution in [-0.2, 0) is 41.5 Å². The van der Waals surface area contributed by atoms with Gasteiger partial charge in [-0.3, -0.25) is 14.5 Å². The van der Waals surface area contributed by atoms with Gasteiger partial charge < -0.3 is 34.3 Å². The number of rotatable bonds is 3. The lowest BCUT2D eigenvalue weighted by atomic mass is 9.43. The Morgan fingerprint density at radius 3 is 2.41 bits per heavy atom. The standard InChI is InChI=1S/C41H59BN4O8/c1-39(2,3)52-37(49)43-30-18-12-10-8-7-9-11-13-19-34(42-53-33-21-28-20-32(40(28,4)5)41(33,6)54-42)44-35(47)31-22-29(25-46(31)36(30)48)51-38(50)45-23-26-16-14-15-17-27(26)24-45/h10,12,14-17,28-34H,7-9,11,13,18-25H2,1-6H3,(H,43,49)(H,44,47)/b12-10+/t28-,29-,30+,31+,32-,33-,34+,41+/m1/s1. The molecule has 12 nitrogen and oxygen atoms in total. The fourth-order valence-corrected chi connectivity index (χ4v) is 9.88. The molecule has 0 aromatic heterocycles. The second-order valence-corrected chi connectivity index (χ2v) is 18.2. The molecule has 1 aromatic rings. The predicted molar refractivity (Wildman–Crippen MR) is 203 cm³/mol. The van der Waals surface area contributed by atoms with E-state index < -0.39 is 60.5 Å². The van der Waals surface area contributed by atoms with Crippen molar-refractivity contribution >= 4 is 31.1 Å². The zero-order valence-corrected chi connectivity index (χ0v) is 32.9. The van der Waals surface area contributed by atoms with Gasteiger partial charge >= 0.3 is 19.3 Å². The van der Waals surface area contributed by atoms with Crippen molar-refractivity contribution in [2.24, 2.45) is 17.3 Å². The lowest BCUT2D eigenvalue weighted by Gasteiger charge is -2.64. The smallest absolute Gasteiger partial charge is 0.444 e. The van der Waals surface area contributed by atoms with E-state index in [9.17, 15) is 19.2 Å². The summed E-state index contributed by atoms with van der Waals surface area (Å²) in [5.74, 6) is -0.236. The molecule has 4 aliphatic heterocycles. The summed E-state index contributed by atoms with van der Waals surface area (Å²) in [4.78, 5) is 58.7. The summed E-state index contributed by atoms with van der Waals surface area (Å²) in [6.07, 6.45) is 9.85. The number of fused-ring (bicyclic) bond motifs is 2. The van der Waals surface area contributed by atoms with Gasteiger partial charge in [0, 0.05) is 19.5 Å². The summed E-state index contributed by atoms with van der Waals surface area (Å²) in [7, 11) is -0.613. The molecule has 3 saturated carbocycles. The highest BCUT2D eigenvalue weighted by Crippen LogP contribution is 2.65. The number of hydrogen-bond donors (Lipinski definition) is 2. The molecule has 8 atom stereocenters. The minimum absolute atomic E-state index is 0.0129. The van der Waals surface area contributed by atoms with Crippen LogP contribution in [0.4, 0.5) is 9.59 Å². The molecular formula is C41H59BN4O8. The highest BCUT2D eigenvalue weighted by Gasteiger charge is 2.68. The zero-order valence-electron chi connectivity index (χ0n) is 32.9. The summed E-state index contributed by atoms with van der Waals surface area (Å²) in [6, 6.07) is 5.96. The van der Waals surface area contributed by atoms with Crippen LogP contribution < -0.4 is 10.6 Å². The van der Waals surface area contributed by atoms with E-state index >= 15 is 0 Å². The molecule has 2 saturated heterocycles. The van der Waals surface area contributed by atoms with Crippen LogP contribution in [0.2, 0.25) is 0 Å². The molecule has 13 heteroatoms. The third kappa shape index (κ3) is 7.90. The number of carbonyl (C=O) groups is 4. The van der Waals surface area contributed by atoms with Crippen molar-refractivity contribution in [2.75, 3.05) is 6.54 Å². The van der Waals surface area contributed by atoms with Crippen molar-refractivity contribution in [3.8, 4) is 0 Å². The number of alkyl carbamates (subject to hydrolysis) is 1. The second-order valence-electron chi connectivity index (χ2n) is 18.2. The summed E-state index contributed by atoms with van der Waals surface area (Å²) in [6.45, 7) is 13.0. The molecule has 8 rings (SSSR count). The lowest BCUT2D eigenvalue weighted by Crippen LogP contribution is -2.65. The first-order chi connectivity index (χ1) is 25.6. The first kappa shape index (κ1) is 38.7. The van der Waals surface area contributed by atoms with Gasteiger partial charge in [0.15, 0.2) is 0 Å². The maximum absolute atomic E-state index is 14.5. The van der Waals surface area contributed by atoms with Crippen LogP contribution in [-0.4, -0.2) is 88.9 Å². The zero-order chi connectivity index (χ0) is 38.4. The van der Waals surface area contributed by atoms with Gasteiger partial charge in [-0.15, -0.1) is 0 Å². The van der Waals surface area contributed by atoms with Gasteiger partial charge in [-0.2, -0.15) is 0 Å². The molecule has 2 bridgehead atoms. The molecule has 2 N–H and O–H groups in total. The van der Waals surface area contributed by atoms with Crippen LogP contribution in [0.25, 0.3) is 0 Å². The molecule has 0 radical (unpaired) electrons. The molecule has 54 heavy (non-hydrogen) atoms. The molecule has 1 aromatic carbocycles. The van der Waals surface area contributed by atoms with Crippen LogP contribution in [0.1, 0.15) is 117 Å². The van der Waals surface area contributed by atoms with E-state index in [-0.39, 0.29) is 36.8 Å². The van der Waals surface area contributed by atoms with Gasteiger partial charge in [0.25, 0.3) is 0 Å². The van der Waals surface area contributed by atoms with E-state index in [1.807, 2.05) is 36.4 Å². The van der Waals surface area contributed by atoms with Gasteiger partial charge in [0.05, 0.1) is 24.2 Å². The molecule has 294 valence electrons. The highest BCUT2D eigenvalue weighted by molar-refractivity contribution is 6.48. The fraction of sp³-hybridized carbons (Fsp3) is 0.707. The minimum atomic E-state index is -0.989. The van der Waals surface area contributed by atoms with Gasteiger partial charge in [-0.25, -0.2) is 9.59 Å². The summed E-state index contributed by atoms with van der Waals surface area (Å²) >= 11 is 0. The maximum Gasteiger partial charge on any atom is 0.481 e. The van der Waals surface area contributed by atoms with Crippen LogP contribution in [0, 0.1) is 17.3 Å². The van der Waals surface area contributed by atoms with E-state index in [4.69, 9.17) is 18.8 Å². The average molecular weight is 747 g/mol. The predicted octanol–water partition coefficient (Wildman–Crippen LogP) is 6.05. The van der Waals surface area contributed by atoms with Crippen LogP contribution in [0.5, 0.6) is 0 Å². The molecule has 4 heterocycles. The first-order valence-corrected chi connectivity index (χ1v) is 20.2. The molecule has 4 amide bonds. The molecule has 0 spiro atoms. The number of benzene rings is 1.